The van der Waals surface area contributed by atoms with E-state index in [0.717, 1.165) is 30.2 Å². The summed E-state index contributed by atoms with van der Waals surface area (Å²) in [5.41, 5.74) is 0.795. The van der Waals surface area contributed by atoms with Gasteiger partial charge >= 0.3 is 0 Å². The quantitative estimate of drug-likeness (QED) is 0.845. The largest absolute Gasteiger partial charge is 0.298 e. The molecular formula is C18H22N2O. The van der Waals surface area contributed by atoms with Crippen molar-refractivity contribution in [2.24, 2.45) is 17.8 Å². The van der Waals surface area contributed by atoms with Crippen molar-refractivity contribution >= 4 is 5.78 Å². The zero-order valence-electron chi connectivity index (χ0n) is 12.4. The highest BCUT2D eigenvalue weighted by Crippen LogP contribution is 2.44. The number of fused-ring (bicyclic) bond motifs is 1. The molecular weight excluding hydrogens is 260 g/mol. The maximum Gasteiger partial charge on any atom is 0.157 e. The molecule has 4 atom stereocenters. The second kappa shape index (κ2) is 6.39. The molecule has 110 valence electrons. The number of rotatable bonds is 3. The highest BCUT2D eigenvalue weighted by atomic mass is 16.1. The topological polar surface area (TPSA) is 53.8 Å². The molecule has 0 aromatic carbocycles. The van der Waals surface area contributed by atoms with Crippen molar-refractivity contribution in [2.45, 2.75) is 50.9 Å². The van der Waals surface area contributed by atoms with Crippen LogP contribution in [0.5, 0.6) is 0 Å². The summed E-state index contributed by atoms with van der Waals surface area (Å²) in [6, 6.07) is 5.79. The molecule has 1 aromatic rings. The first-order valence-electron chi connectivity index (χ1n) is 8.13. The van der Waals surface area contributed by atoms with E-state index in [-0.39, 0.29) is 11.7 Å². The number of hydrogen-bond donors (Lipinski definition) is 0. The van der Waals surface area contributed by atoms with E-state index in [4.69, 9.17) is 0 Å². The smallest absolute Gasteiger partial charge is 0.157 e. The predicted molar refractivity (Wildman–Crippen MR) is 80.4 cm³/mol. The van der Waals surface area contributed by atoms with Crippen LogP contribution in [0.25, 0.3) is 0 Å². The normalized spacial score (nSPS) is 30.0. The number of pyridine rings is 1. The van der Waals surface area contributed by atoms with Gasteiger partial charge in [-0.1, -0.05) is 25.7 Å². The molecule has 3 heteroatoms. The average Bonchev–Trinajstić information content (AvgIpc) is 2.56. The zero-order chi connectivity index (χ0) is 14.7. The van der Waals surface area contributed by atoms with Gasteiger partial charge in [-0.05, 0) is 48.8 Å². The van der Waals surface area contributed by atoms with Crippen LogP contribution in [0.15, 0.2) is 24.5 Å². The van der Waals surface area contributed by atoms with Crippen LogP contribution in [0.4, 0.5) is 0 Å². The van der Waals surface area contributed by atoms with Gasteiger partial charge < -0.3 is 0 Å². The van der Waals surface area contributed by atoms with Gasteiger partial charge in [0.2, 0.25) is 0 Å². The average molecular weight is 282 g/mol. The molecule has 2 fully saturated rings. The Morgan fingerprint density at radius 2 is 1.86 bits per heavy atom. The van der Waals surface area contributed by atoms with Crippen molar-refractivity contribution in [1.82, 2.24) is 4.98 Å². The summed E-state index contributed by atoms with van der Waals surface area (Å²) in [7, 11) is 0. The first kappa shape index (κ1) is 14.3. The Hall–Kier alpha value is -1.69. The molecule has 2 saturated carbocycles. The van der Waals surface area contributed by atoms with E-state index < -0.39 is 5.92 Å². The molecule has 0 bridgehead atoms. The third-order valence-electron chi connectivity index (χ3n) is 5.40. The van der Waals surface area contributed by atoms with Gasteiger partial charge in [-0.3, -0.25) is 9.78 Å². The van der Waals surface area contributed by atoms with Crippen molar-refractivity contribution in [3.63, 3.8) is 0 Å². The highest BCUT2D eigenvalue weighted by molar-refractivity contribution is 5.90. The van der Waals surface area contributed by atoms with E-state index in [9.17, 15) is 10.1 Å². The molecule has 0 spiro atoms. The van der Waals surface area contributed by atoms with Crippen LogP contribution in [0.1, 0.15) is 56.4 Å². The number of carbonyl (C=O) groups excluding carboxylic acids is 1. The number of hydrogen-bond acceptors (Lipinski definition) is 3. The Morgan fingerprint density at radius 1 is 1.14 bits per heavy atom. The molecule has 0 saturated heterocycles. The van der Waals surface area contributed by atoms with E-state index in [1.807, 2.05) is 0 Å². The van der Waals surface area contributed by atoms with Crippen LogP contribution in [0, 0.1) is 29.1 Å². The van der Waals surface area contributed by atoms with Crippen LogP contribution in [-0.4, -0.2) is 10.8 Å². The van der Waals surface area contributed by atoms with Crippen molar-refractivity contribution in [2.75, 3.05) is 0 Å². The summed E-state index contributed by atoms with van der Waals surface area (Å²) in [6.07, 6.45) is 11.8. The number of ketones is 1. The van der Waals surface area contributed by atoms with Crippen molar-refractivity contribution in [3.05, 3.63) is 30.1 Å². The first-order chi connectivity index (χ1) is 10.3. The second-order valence-electron chi connectivity index (χ2n) is 6.56. The van der Waals surface area contributed by atoms with Gasteiger partial charge in [0.15, 0.2) is 5.78 Å². The fourth-order valence-electron chi connectivity index (χ4n) is 4.23. The van der Waals surface area contributed by atoms with Gasteiger partial charge in [0.1, 0.15) is 5.92 Å². The molecule has 1 heterocycles. The minimum absolute atomic E-state index is 0.0853. The highest BCUT2D eigenvalue weighted by Gasteiger charge is 2.37. The fraction of sp³-hybridized carbons (Fsp3) is 0.611. The Labute approximate surface area is 126 Å². The molecule has 21 heavy (non-hydrogen) atoms. The van der Waals surface area contributed by atoms with Gasteiger partial charge in [-0.15, -0.1) is 0 Å². The standard InChI is InChI=1S/C18H22N2O/c19-12-17(14-7-9-20-10-8-14)18(21)16-6-5-13-3-1-2-4-15(13)11-16/h7-10,13,15-17H,1-6,11H2. The molecule has 0 aliphatic heterocycles. The van der Waals surface area contributed by atoms with Gasteiger partial charge in [0.25, 0.3) is 0 Å². The summed E-state index contributed by atoms with van der Waals surface area (Å²) in [5, 5.41) is 9.42. The van der Waals surface area contributed by atoms with Gasteiger partial charge in [-0.2, -0.15) is 5.26 Å². The van der Waals surface area contributed by atoms with Crippen LogP contribution in [0.3, 0.4) is 0 Å². The van der Waals surface area contributed by atoms with Gasteiger partial charge in [-0.25, -0.2) is 0 Å². The summed E-state index contributed by atoms with van der Waals surface area (Å²) in [5.74, 6) is 1.16. The lowest BCUT2D eigenvalue weighted by molar-refractivity contribution is -0.125. The third-order valence-corrected chi connectivity index (χ3v) is 5.40. The minimum Gasteiger partial charge on any atom is -0.298 e. The van der Waals surface area contributed by atoms with E-state index in [2.05, 4.69) is 11.1 Å². The monoisotopic (exact) mass is 282 g/mol. The van der Waals surface area contributed by atoms with Crippen LogP contribution < -0.4 is 0 Å². The van der Waals surface area contributed by atoms with Crippen LogP contribution in [-0.2, 0) is 4.79 Å². The number of nitriles is 1. The van der Waals surface area contributed by atoms with E-state index in [0.29, 0.717) is 0 Å². The van der Waals surface area contributed by atoms with E-state index in [1.54, 1.807) is 24.5 Å². The lowest BCUT2D eigenvalue weighted by atomic mass is 9.65. The summed E-state index contributed by atoms with van der Waals surface area (Å²) in [6.45, 7) is 0. The Balaban J connectivity index is 1.71. The zero-order valence-corrected chi connectivity index (χ0v) is 12.4. The maximum atomic E-state index is 12.8. The molecule has 2 aliphatic rings. The lowest BCUT2D eigenvalue weighted by Crippen LogP contribution is -2.33. The Kier molecular flexibility index (Phi) is 4.34. The van der Waals surface area contributed by atoms with Crippen LogP contribution in [0.2, 0.25) is 0 Å². The molecule has 3 nitrogen and oxygen atoms in total. The molecule has 0 amide bonds. The maximum absolute atomic E-state index is 12.8. The first-order valence-corrected chi connectivity index (χ1v) is 8.13. The molecule has 4 unspecified atom stereocenters. The molecule has 0 radical (unpaired) electrons. The molecule has 2 aliphatic carbocycles. The Bertz CT molecular complexity index is 534. The van der Waals surface area contributed by atoms with Crippen molar-refractivity contribution in [1.29, 1.82) is 5.26 Å². The fourth-order valence-corrected chi connectivity index (χ4v) is 4.23. The van der Waals surface area contributed by atoms with Crippen molar-refractivity contribution < 1.29 is 4.79 Å². The van der Waals surface area contributed by atoms with Crippen LogP contribution >= 0.6 is 0 Å². The lowest BCUT2D eigenvalue weighted by Gasteiger charge is -2.39. The minimum atomic E-state index is -0.613. The summed E-state index contributed by atoms with van der Waals surface area (Å²) in [4.78, 5) is 16.7. The number of carbonyl (C=O) groups is 1. The molecule has 1 aromatic heterocycles. The third kappa shape index (κ3) is 3.00. The van der Waals surface area contributed by atoms with Gasteiger partial charge in [0.05, 0.1) is 6.07 Å². The number of nitrogens with zero attached hydrogens (tertiary/aromatic N) is 2. The number of aromatic nitrogens is 1. The van der Waals surface area contributed by atoms with Gasteiger partial charge in [0, 0.05) is 18.3 Å². The molecule has 3 rings (SSSR count). The predicted octanol–water partition coefficient (Wildman–Crippen LogP) is 3.86. The van der Waals surface area contributed by atoms with E-state index in [1.165, 1.54) is 32.1 Å². The van der Waals surface area contributed by atoms with Crippen molar-refractivity contribution in [3.8, 4) is 6.07 Å². The summed E-state index contributed by atoms with van der Waals surface area (Å²) < 4.78 is 0. The summed E-state index contributed by atoms with van der Waals surface area (Å²) >= 11 is 0. The SMILES string of the molecule is N#CC(C(=O)C1CCC2CCCCC2C1)c1ccncc1. The second-order valence-corrected chi connectivity index (χ2v) is 6.56. The van der Waals surface area contributed by atoms with E-state index >= 15 is 0 Å². The Morgan fingerprint density at radius 3 is 2.57 bits per heavy atom. The number of Topliss-reactive ketones (excluding diaryl/α,β-unsaturated/α-hetero) is 1. The molecule has 0 N–H and O–H groups in total.